The van der Waals surface area contributed by atoms with Gasteiger partial charge in [0.05, 0.1) is 10.5 Å². The minimum atomic E-state index is -0.547. The summed E-state index contributed by atoms with van der Waals surface area (Å²) >= 11 is 0. The van der Waals surface area contributed by atoms with Crippen molar-refractivity contribution in [1.82, 2.24) is 10.2 Å². The van der Waals surface area contributed by atoms with Gasteiger partial charge < -0.3 is 4.90 Å². The monoisotopic (exact) mass is 289 g/mol. The number of nitro benzene ring substituents is 1. The van der Waals surface area contributed by atoms with Gasteiger partial charge in [-0.1, -0.05) is 6.92 Å². The van der Waals surface area contributed by atoms with Gasteiger partial charge in [-0.3, -0.25) is 20.2 Å². The fourth-order valence-corrected chi connectivity index (χ4v) is 2.84. The first kappa shape index (κ1) is 14.0. The van der Waals surface area contributed by atoms with E-state index in [0.29, 0.717) is 6.04 Å². The van der Waals surface area contributed by atoms with E-state index in [0.717, 1.165) is 24.8 Å². The van der Waals surface area contributed by atoms with Gasteiger partial charge in [0.2, 0.25) is 5.91 Å². The second-order valence-electron chi connectivity index (χ2n) is 6.02. The van der Waals surface area contributed by atoms with Crippen LogP contribution in [0.5, 0.6) is 0 Å². The molecule has 0 spiro atoms. The average Bonchev–Trinajstić information content (AvgIpc) is 3.27. The molecule has 1 heterocycles. The van der Waals surface area contributed by atoms with Crippen LogP contribution in [0.25, 0.3) is 0 Å². The van der Waals surface area contributed by atoms with Gasteiger partial charge in [-0.25, -0.2) is 0 Å². The number of nitrogens with zero attached hydrogens (tertiary/aromatic N) is 2. The summed E-state index contributed by atoms with van der Waals surface area (Å²) < 4.78 is 0. The zero-order valence-electron chi connectivity index (χ0n) is 12.2. The van der Waals surface area contributed by atoms with Gasteiger partial charge >= 0.3 is 0 Å². The van der Waals surface area contributed by atoms with Crippen LogP contribution in [0.4, 0.5) is 5.69 Å². The van der Waals surface area contributed by atoms with Crippen LogP contribution in [0.2, 0.25) is 0 Å². The van der Waals surface area contributed by atoms with E-state index >= 15 is 0 Å². The van der Waals surface area contributed by atoms with Crippen LogP contribution < -0.4 is 5.32 Å². The van der Waals surface area contributed by atoms with Crippen LogP contribution in [0.15, 0.2) is 24.3 Å². The van der Waals surface area contributed by atoms with Crippen molar-refractivity contribution in [2.75, 3.05) is 0 Å². The summed E-state index contributed by atoms with van der Waals surface area (Å²) in [7, 11) is 0. The maximum absolute atomic E-state index is 12.7. The van der Waals surface area contributed by atoms with E-state index in [1.807, 2.05) is 18.7 Å². The molecule has 6 nitrogen and oxygen atoms in total. The smallest absolute Gasteiger partial charge is 0.269 e. The summed E-state index contributed by atoms with van der Waals surface area (Å²) in [5.41, 5.74) is 0.423. The molecule has 1 saturated carbocycles. The van der Waals surface area contributed by atoms with Crippen LogP contribution in [0, 0.1) is 10.1 Å². The van der Waals surface area contributed by atoms with Gasteiger partial charge in [0.25, 0.3) is 5.69 Å². The van der Waals surface area contributed by atoms with Crippen molar-refractivity contribution in [2.24, 2.45) is 0 Å². The molecule has 21 heavy (non-hydrogen) atoms. The molecule has 0 bridgehead atoms. The Morgan fingerprint density at radius 2 is 2.00 bits per heavy atom. The van der Waals surface area contributed by atoms with E-state index < -0.39 is 10.5 Å². The number of nitro groups is 1. The van der Waals surface area contributed by atoms with Crippen molar-refractivity contribution in [3.63, 3.8) is 0 Å². The van der Waals surface area contributed by atoms with Gasteiger partial charge in [-0.05, 0) is 43.9 Å². The Balaban J connectivity index is 1.92. The predicted molar refractivity (Wildman–Crippen MR) is 77.5 cm³/mol. The molecule has 0 radical (unpaired) electrons. The molecule has 1 amide bonds. The van der Waals surface area contributed by atoms with Gasteiger partial charge in [0.15, 0.2) is 0 Å². The Kier molecular flexibility index (Phi) is 3.20. The zero-order valence-corrected chi connectivity index (χ0v) is 12.2. The maximum Gasteiger partial charge on any atom is 0.269 e. The van der Waals surface area contributed by atoms with Crippen molar-refractivity contribution >= 4 is 11.6 Å². The van der Waals surface area contributed by atoms with Gasteiger partial charge in [-0.15, -0.1) is 0 Å². The third-order valence-electron chi connectivity index (χ3n) is 4.51. The number of rotatable bonds is 4. The van der Waals surface area contributed by atoms with Crippen molar-refractivity contribution in [1.29, 1.82) is 0 Å². The van der Waals surface area contributed by atoms with Crippen molar-refractivity contribution < 1.29 is 9.72 Å². The molecular formula is C15H19N3O3. The summed E-state index contributed by atoms with van der Waals surface area (Å²) in [5, 5.41) is 14.2. The second-order valence-corrected chi connectivity index (χ2v) is 6.02. The zero-order chi connectivity index (χ0) is 15.2. The van der Waals surface area contributed by atoms with Crippen LogP contribution in [0.3, 0.4) is 0 Å². The van der Waals surface area contributed by atoms with Crippen LogP contribution in [-0.2, 0) is 4.79 Å². The molecule has 2 unspecified atom stereocenters. The van der Waals surface area contributed by atoms with E-state index in [4.69, 9.17) is 0 Å². The molecular weight excluding hydrogens is 270 g/mol. The Morgan fingerprint density at radius 3 is 2.48 bits per heavy atom. The van der Waals surface area contributed by atoms with E-state index in [-0.39, 0.29) is 17.8 Å². The normalized spacial score (nSPS) is 29.0. The molecule has 112 valence electrons. The highest BCUT2D eigenvalue weighted by Gasteiger charge is 2.51. The third kappa shape index (κ3) is 2.29. The standard InChI is InChI=1S/C15H19N3O3/c1-3-15(2)14(19)17(11-8-9-11)13(16-15)10-4-6-12(7-5-10)18(20)21/h4-7,11,13,16H,3,8-9H2,1-2H3. The van der Waals surface area contributed by atoms with Gasteiger partial charge in [0.1, 0.15) is 6.17 Å². The Morgan fingerprint density at radius 1 is 1.38 bits per heavy atom. The molecule has 6 heteroatoms. The average molecular weight is 289 g/mol. The molecule has 0 aromatic heterocycles. The first-order valence-electron chi connectivity index (χ1n) is 7.31. The number of hydrogen-bond acceptors (Lipinski definition) is 4. The number of carbonyl (C=O) groups excluding carboxylic acids is 1. The number of carbonyl (C=O) groups is 1. The van der Waals surface area contributed by atoms with Gasteiger partial charge in [0, 0.05) is 18.2 Å². The molecule has 1 aromatic carbocycles. The van der Waals surface area contributed by atoms with Gasteiger partial charge in [-0.2, -0.15) is 0 Å². The van der Waals surface area contributed by atoms with Crippen LogP contribution >= 0.6 is 0 Å². The number of non-ortho nitro benzene ring substituents is 1. The Hall–Kier alpha value is -1.95. The van der Waals surface area contributed by atoms with E-state index in [2.05, 4.69) is 5.32 Å². The minimum absolute atomic E-state index is 0.0688. The van der Waals surface area contributed by atoms with E-state index in [1.54, 1.807) is 12.1 Å². The fraction of sp³-hybridized carbons (Fsp3) is 0.533. The Bertz CT molecular complexity index is 582. The molecule has 3 rings (SSSR count). The minimum Gasteiger partial charge on any atom is -0.318 e. The number of nitrogens with one attached hydrogen (secondary N) is 1. The molecule has 2 atom stereocenters. The highest BCUT2D eigenvalue weighted by Crippen LogP contribution is 2.41. The lowest BCUT2D eigenvalue weighted by molar-refractivity contribution is -0.384. The van der Waals surface area contributed by atoms with Crippen molar-refractivity contribution in [3.8, 4) is 0 Å². The summed E-state index contributed by atoms with van der Waals surface area (Å²) in [5.74, 6) is 0.135. The van der Waals surface area contributed by atoms with Crippen molar-refractivity contribution in [2.45, 2.75) is 50.9 Å². The fourth-order valence-electron chi connectivity index (χ4n) is 2.84. The first-order valence-corrected chi connectivity index (χ1v) is 7.31. The lowest BCUT2D eigenvalue weighted by Gasteiger charge is -2.24. The highest BCUT2D eigenvalue weighted by atomic mass is 16.6. The van der Waals surface area contributed by atoms with Crippen LogP contribution in [0.1, 0.15) is 44.8 Å². The molecule has 1 N–H and O–H groups in total. The van der Waals surface area contributed by atoms with Crippen molar-refractivity contribution in [3.05, 3.63) is 39.9 Å². The molecule has 1 aliphatic heterocycles. The van der Waals surface area contributed by atoms with E-state index in [9.17, 15) is 14.9 Å². The first-order chi connectivity index (χ1) is 9.96. The topological polar surface area (TPSA) is 75.5 Å². The number of amides is 1. The SMILES string of the molecule is CCC1(C)NC(c2ccc([N+](=O)[O-])cc2)N(C2CC2)C1=O. The summed E-state index contributed by atoms with van der Waals surface area (Å²) in [6, 6.07) is 6.76. The predicted octanol–water partition coefficient (Wildman–Crippen LogP) is 2.36. The number of hydrogen-bond donors (Lipinski definition) is 1. The second kappa shape index (κ2) is 4.80. The molecule has 1 aliphatic carbocycles. The highest BCUT2D eigenvalue weighted by molar-refractivity contribution is 5.89. The quantitative estimate of drug-likeness (QED) is 0.682. The lowest BCUT2D eigenvalue weighted by atomic mass is 9.99. The summed E-state index contributed by atoms with van der Waals surface area (Å²) in [6.45, 7) is 3.92. The largest absolute Gasteiger partial charge is 0.318 e. The summed E-state index contributed by atoms with van der Waals surface area (Å²) in [4.78, 5) is 24.9. The van der Waals surface area contributed by atoms with E-state index in [1.165, 1.54) is 12.1 Å². The van der Waals surface area contributed by atoms with Crippen LogP contribution in [-0.4, -0.2) is 27.3 Å². The molecule has 2 aliphatic rings. The maximum atomic E-state index is 12.7. The molecule has 1 saturated heterocycles. The number of benzene rings is 1. The molecule has 1 aromatic rings. The lowest BCUT2D eigenvalue weighted by Crippen LogP contribution is -2.43. The Labute approximate surface area is 123 Å². The molecule has 2 fully saturated rings. The third-order valence-corrected chi connectivity index (χ3v) is 4.51. The summed E-state index contributed by atoms with van der Waals surface area (Å²) in [6.07, 6.45) is 2.61.